The second kappa shape index (κ2) is 6.84. The Balaban J connectivity index is 1.97. The summed E-state index contributed by atoms with van der Waals surface area (Å²) in [5.74, 6) is 0.929. The molecule has 0 atom stereocenters. The predicted octanol–water partition coefficient (Wildman–Crippen LogP) is 3.91. The largest absolute Gasteiger partial charge is 0.383 e. The van der Waals surface area contributed by atoms with E-state index in [0.717, 1.165) is 24.4 Å². The molecule has 0 aliphatic carbocycles. The van der Waals surface area contributed by atoms with Gasteiger partial charge in [-0.05, 0) is 31.0 Å². The molecule has 2 aromatic heterocycles. The van der Waals surface area contributed by atoms with E-state index in [1.165, 1.54) is 22.2 Å². The Morgan fingerprint density at radius 1 is 1.13 bits per heavy atom. The number of pyridine rings is 1. The van der Waals surface area contributed by atoms with E-state index in [0.29, 0.717) is 6.61 Å². The molecular weight excluding hydrogens is 286 g/mol. The van der Waals surface area contributed by atoms with Crippen LogP contribution in [0.5, 0.6) is 0 Å². The summed E-state index contributed by atoms with van der Waals surface area (Å²) in [4.78, 5) is 4.57. The third-order valence-corrected chi connectivity index (χ3v) is 4.37. The lowest BCUT2D eigenvalue weighted by Crippen LogP contribution is -2.09. The zero-order valence-electron chi connectivity index (χ0n) is 14.0. The molecule has 4 nitrogen and oxygen atoms in total. The van der Waals surface area contributed by atoms with Gasteiger partial charge in [-0.25, -0.2) is 4.98 Å². The van der Waals surface area contributed by atoms with Gasteiger partial charge in [0.25, 0.3) is 0 Å². The second-order valence-corrected chi connectivity index (χ2v) is 5.75. The minimum atomic E-state index is 0.692. The second-order valence-electron chi connectivity index (χ2n) is 5.75. The molecule has 0 fully saturated rings. The Hall–Kier alpha value is -2.33. The molecule has 0 saturated carbocycles. The topological polar surface area (TPSA) is 39.1 Å². The lowest BCUT2D eigenvalue weighted by Gasteiger charge is -2.12. The van der Waals surface area contributed by atoms with Crippen LogP contribution in [-0.4, -0.2) is 23.3 Å². The van der Waals surface area contributed by atoms with Crippen molar-refractivity contribution in [2.45, 2.75) is 26.9 Å². The molecule has 0 aliphatic heterocycles. The van der Waals surface area contributed by atoms with Crippen LogP contribution in [0.1, 0.15) is 16.8 Å². The molecule has 120 valence electrons. The number of hydrogen-bond donors (Lipinski definition) is 1. The molecule has 0 unspecified atom stereocenters. The van der Waals surface area contributed by atoms with Crippen molar-refractivity contribution in [2.24, 2.45) is 0 Å². The van der Waals surface area contributed by atoms with Crippen molar-refractivity contribution in [3.8, 4) is 0 Å². The van der Waals surface area contributed by atoms with E-state index in [1.807, 2.05) is 12.3 Å². The molecule has 0 spiro atoms. The molecule has 23 heavy (non-hydrogen) atoms. The summed E-state index contributed by atoms with van der Waals surface area (Å²) in [5, 5.41) is 4.74. The van der Waals surface area contributed by atoms with Crippen LogP contribution in [0, 0.1) is 13.8 Å². The molecule has 0 amide bonds. The first kappa shape index (κ1) is 15.6. The minimum absolute atomic E-state index is 0.692. The normalized spacial score (nSPS) is 11.1. The number of benzene rings is 1. The van der Waals surface area contributed by atoms with E-state index >= 15 is 0 Å². The van der Waals surface area contributed by atoms with Crippen LogP contribution in [0.15, 0.2) is 42.6 Å². The van der Waals surface area contributed by atoms with Crippen LogP contribution < -0.4 is 5.32 Å². The average molecular weight is 309 g/mol. The maximum atomic E-state index is 5.27. The van der Waals surface area contributed by atoms with E-state index in [2.05, 4.69) is 59.0 Å². The van der Waals surface area contributed by atoms with E-state index < -0.39 is 0 Å². The Bertz CT molecular complexity index is 793. The van der Waals surface area contributed by atoms with Gasteiger partial charge in [0.15, 0.2) is 5.82 Å². The number of aryl methyl sites for hydroxylation is 1. The summed E-state index contributed by atoms with van der Waals surface area (Å²) >= 11 is 0. The van der Waals surface area contributed by atoms with Crippen LogP contribution in [0.2, 0.25) is 0 Å². The van der Waals surface area contributed by atoms with Crippen LogP contribution in [0.4, 0.5) is 5.82 Å². The Morgan fingerprint density at radius 3 is 2.65 bits per heavy atom. The third kappa shape index (κ3) is 3.08. The fourth-order valence-electron chi connectivity index (χ4n) is 2.97. The fraction of sp³-hybridized carbons (Fsp3) is 0.316. The van der Waals surface area contributed by atoms with Gasteiger partial charge in [0.05, 0.1) is 12.1 Å². The van der Waals surface area contributed by atoms with Crippen molar-refractivity contribution in [1.29, 1.82) is 0 Å². The van der Waals surface area contributed by atoms with Crippen molar-refractivity contribution in [1.82, 2.24) is 9.55 Å². The number of aromatic nitrogens is 2. The number of hydrogen-bond acceptors (Lipinski definition) is 3. The van der Waals surface area contributed by atoms with Gasteiger partial charge >= 0.3 is 0 Å². The number of nitrogens with zero attached hydrogens (tertiary/aromatic N) is 2. The summed E-state index contributed by atoms with van der Waals surface area (Å²) in [5.41, 5.74) is 4.99. The lowest BCUT2D eigenvalue weighted by atomic mass is 10.2. The molecule has 0 aliphatic rings. The molecule has 1 N–H and O–H groups in total. The van der Waals surface area contributed by atoms with Gasteiger partial charge in [0.1, 0.15) is 0 Å². The molecule has 0 radical (unpaired) electrons. The van der Waals surface area contributed by atoms with Gasteiger partial charge in [0.2, 0.25) is 0 Å². The predicted molar refractivity (Wildman–Crippen MR) is 94.9 cm³/mol. The number of anilines is 1. The summed E-state index contributed by atoms with van der Waals surface area (Å²) in [6, 6.07) is 12.5. The highest BCUT2D eigenvalue weighted by Crippen LogP contribution is 2.29. The summed E-state index contributed by atoms with van der Waals surface area (Å²) in [6.45, 7) is 6.61. The van der Waals surface area contributed by atoms with Gasteiger partial charge in [-0.2, -0.15) is 0 Å². The van der Waals surface area contributed by atoms with Gasteiger partial charge in [0, 0.05) is 37.5 Å². The molecular formula is C19H23N3O. The molecule has 3 rings (SSSR count). The first-order valence-corrected chi connectivity index (χ1v) is 7.93. The lowest BCUT2D eigenvalue weighted by molar-refractivity contribution is 0.188. The first-order valence-electron chi connectivity index (χ1n) is 7.93. The number of fused-ring (bicyclic) bond motifs is 1. The number of methoxy groups -OCH3 is 1. The highest BCUT2D eigenvalue weighted by Gasteiger charge is 2.14. The van der Waals surface area contributed by atoms with Crippen molar-refractivity contribution in [2.75, 3.05) is 19.0 Å². The average Bonchev–Trinajstić information content (AvgIpc) is 2.84. The maximum absolute atomic E-state index is 5.27. The molecule has 0 saturated heterocycles. The molecule has 4 heteroatoms. The van der Waals surface area contributed by atoms with Crippen LogP contribution in [0.25, 0.3) is 10.9 Å². The van der Waals surface area contributed by atoms with E-state index in [-0.39, 0.29) is 0 Å². The Morgan fingerprint density at radius 2 is 1.91 bits per heavy atom. The Kier molecular flexibility index (Phi) is 4.63. The van der Waals surface area contributed by atoms with E-state index in [9.17, 15) is 0 Å². The van der Waals surface area contributed by atoms with Crippen LogP contribution in [-0.2, 0) is 17.8 Å². The quantitative estimate of drug-likeness (QED) is 0.750. The Labute approximate surface area is 137 Å². The smallest absolute Gasteiger partial charge is 0.150 e. The highest BCUT2D eigenvalue weighted by atomic mass is 16.5. The molecule has 0 bridgehead atoms. The molecule has 3 aromatic rings. The number of nitrogens with one attached hydrogen (secondary N) is 1. The number of ether oxygens (including phenoxy) is 1. The standard InChI is InChI=1S/C19H23N3O/c1-14-15(2)22(11-12-23-3)18-17(14)9-10-20-19(18)21-13-16-7-5-4-6-8-16/h4-10H,11-13H2,1-3H3,(H,20,21). The van der Waals surface area contributed by atoms with E-state index in [1.54, 1.807) is 7.11 Å². The van der Waals surface area contributed by atoms with Crippen molar-refractivity contribution < 1.29 is 4.74 Å². The van der Waals surface area contributed by atoms with Gasteiger partial charge < -0.3 is 14.6 Å². The monoisotopic (exact) mass is 309 g/mol. The van der Waals surface area contributed by atoms with Gasteiger partial charge in [-0.1, -0.05) is 30.3 Å². The van der Waals surface area contributed by atoms with Crippen LogP contribution >= 0.6 is 0 Å². The highest BCUT2D eigenvalue weighted by molar-refractivity contribution is 5.93. The maximum Gasteiger partial charge on any atom is 0.150 e. The first-order chi connectivity index (χ1) is 11.2. The fourth-order valence-corrected chi connectivity index (χ4v) is 2.97. The van der Waals surface area contributed by atoms with Crippen molar-refractivity contribution >= 4 is 16.7 Å². The van der Waals surface area contributed by atoms with Crippen molar-refractivity contribution in [3.05, 3.63) is 59.4 Å². The minimum Gasteiger partial charge on any atom is -0.383 e. The van der Waals surface area contributed by atoms with Crippen molar-refractivity contribution in [3.63, 3.8) is 0 Å². The zero-order chi connectivity index (χ0) is 16.2. The zero-order valence-corrected chi connectivity index (χ0v) is 14.0. The summed E-state index contributed by atoms with van der Waals surface area (Å²) < 4.78 is 7.57. The van der Waals surface area contributed by atoms with Gasteiger partial charge in [-0.15, -0.1) is 0 Å². The number of rotatable bonds is 6. The van der Waals surface area contributed by atoms with Crippen LogP contribution in [0.3, 0.4) is 0 Å². The van der Waals surface area contributed by atoms with Gasteiger partial charge in [-0.3, -0.25) is 0 Å². The summed E-state index contributed by atoms with van der Waals surface area (Å²) in [7, 11) is 1.74. The summed E-state index contributed by atoms with van der Waals surface area (Å²) in [6.07, 6.45) is 1.88. The molecule has 1 aromatic carbocycles. The third-order valence-electron chi connectivity index (χ3n) is 4.37. The molecule has 2 heterocycles. The SMILES string of the molecule is COCCn1c(C)c(C)c2ccnc(NCc3ccccc3)c21. The van der Waals surface area contributed by atoms with E-state index in [4.69, 9.17) is 4.74 Å².